The standard InChI is InChI=1S/C96H117F3N16O21S/c1-8-9-25-76-95(132)115-37-39-135-51-79(115)91(128)108-73(50-136-54-116)88(125)110-83(55(2)3)96(133)112(5)77(45-56-19-12-10-13-20-56)90(127)107-72(43-59-29-33-63(118)34-30-59)93(130)114-36-18-26-75(114)89(126)106-70(47-61-48-101-67-24-17-16-23-64(61)67)87(124)105-69(42-58-27-31-62(117)32-28-58)86(123)104-68(35-38-134-7)85(122)109-74(84(121)102-49-80(100)119)52-137-53-81(120)103-71(44-60-40-65(97)82(99)66(98)41-60)92(129)113(6)78(94(131)111(76)4)46-57-21-14-11-15-22-57/h10-17,19-24,27-34,40-41,48,54-55,68-79,83,101,117-118H,8-9,18,25-26,35-39,42-47,49-53H2,1-7H3,(H2,100,119)(H,102,121)(H,103,120)(H,104,123)(H,105,124)(H,106,126)(H,107,127)(H,108,128)(H,109,122)(H,110,125)/t68-,69-,70-,71-,72-,73-,74-,75+,76-,77-,78-,79+,83-/m0/s1. The van der Waals surface area contributed by atoms with Crippen LogP contribution in [-0.4, -0.2) is 299 Å². The van der Waals surface area contributed by atoms with E-state index in [0.29, 0.717) is 69.0 Å². The van der Waals surface area contributed by atoms with Gasteiger partial charge in [-0.15, -0.1) is 11.8 Å². The Balaban J connectivity index is 1.06. The Morgan fingerprint density at radius 2 is 1.07 bits per heavy atom. The minimum Gasteiger partial charge on any atom is -0.508 e. The second-order valence-corrected chi connectivity index (χ2v) is 35.3. The van der Waals surface area contributed by atoms with Crippen molar-refractivity contribution in [2.24, 2.45) is 11.7 Å². The summed E-state index contributed by atoms with van der Waals surface area (Å²) >= 11 is 0.656. The van der Waals surface area contributed by atoms with Crippen molar-refractivity contribution in [2.45, 2.75) is 176 Å². The van der Waals surface area contributed by atoms with E-state index < -0.39 is 228 Å². The second-order valence-electron chi connectivity index (χ2n) is 34.2. The molecule has 3 aliphatic heterocycles. The quantitative estimate of drug-likeness (QED) is 0.0286. The number of unbranched alkanes of at least 4 members (excludes halogenated alkanes) is 1. The van der Waals surface area contributed by atoms with Gasteiger partial charge in [0.1, 0.15) is 96.6 Å². The van der Waals surface area contributed by atoms with E-state index >= 15 is 56.7 Å². The number of phenolic OH excluding ortho intramolecular Hbond substituents is 2. The van der Waals surface area contributed by atoms with Crippen LogP contribution in [0.25, 0.3) is 10.9 Å². The number of fused-ring (bicyclic) bond motifs is 3. The Morgan fingerprint density at radius 3 is 1.68 bits per heavy atom. The van der Waals surface area contributed by atoms with Crippen LogP contribution >= 0.6 is 11.8 Å². The number of nitrogens with zero attached hydrogens (tertiary/aromatic N) is 5. The van der Waals surface area contributed by atoms with Gasteiger partial charge in [-0.1, -0.05) is 137 Å². The zero-order valence-electron chi connectivity index (χ0n) is 76.9. The van der Waals surface area contributed by atoms with Crippen LogP contribution in [0.15, 0.2) is 152 Å². The van der Waals surface area contributed by atoms with Crippen LogP contribution in [0.3, 0.4) is 0 Å². The average Bonchev–Trinajstić information content (AvgIpc) is 1.32. The van der Waals surface area contributed by atoms with Crippen molar-refractivity contribution in [1.82, 2.24) is 77.3 Å². The van der Waals surface area contributed by atoms with Crippen LogP contribution in [0.1, 0.15) is 92.7 Å². The fourth-order valence-corrected chi connectivity index (χ4v) is 17.4. The summed E-state index contributed by atoms with van der Waals surface area (Å²) in [5.74, 6) is -22.2. The topological polar surface area (TPSA) is 508 Å². The van der Waals surface area contributed by atoms with E-state index in [1.54, 1.807) is 112 Å². The second kappa shape index (κ2) is 50.6. The number of amides is 15. The van der Waals surface area contributed by atoms with Crippen LogP contribution in [0.2, 0.25) is 0 Å². The van der Waals surface area contributed by atoms with Gasteiger partial charge >= 0.3 is 0 Å². The molecule has 41 heteroatoms. The van der Waals surface area contributed by atoms with E-state index in [1.807, 2.05) is 0 Å². The van der Waals surface area contributed by atoms with Crippen LogP contribution in [0.4, 0.5) is 13.2 Å². The first kappa shape index (κ1) is 105. The fraction of sp³-hybridized carbons (Fsp3) is 0.438. The highest BCUT2D eigenvalue weighted by atomic mass is 32.2. The van der Waals surface area contributed by atoms with Crippen LogP contribution in [-0.2, 0) is 129 Å². The minimum absolute atomic E-state index is 0.00162. The number of H-pyrrole nitrogens is 1. The molecule has 7 aromatic rings. The Morgan fingerprint density at radius 1 is 0.547 bits per heavy atom. The van der Waals surface area contributed by atoms with Gasteiger partial charge < -0.3 is 107 Å². The summed E-state index contributed by atoms with van der Waals surface area (Å²) in [6, 6.07) is 15.0. The number of likely N-dealkylation sites (N-methyl/N-ethyl adjacent to an activating group) is 3. The molecule has 37 nitrogen and oxygen atoms in total. The smallest absolute Gasteiger partial charge is 0.293 e. The van der Waals surface area contributed by atoms with E-state index in [-0.39, 0.29) is 114 Å². The maximum Gasteiger partial charge on any atom is 0.293 e. The lowest BCUT2D eigenvalue weighted by atomic mass is 9.98. The number of aromatic nitrogens is 1. The van der Waals surface area contributed by atoms with Crippen molar-refractivity contribution in [3.63, 3.8) is 0 Å². The molecule has 4 heterocycles. The number of carbonyl (C=O) groups excluding carboxylic acids is 16. The molecule has 14 N–H and O–H groups in total. The molecule has 0 bridgehead atoms. The van der Waals surface area contributed by atoms with E-state index in [4.69, 9.17) is 19.9 Å². The SMILES string of the molecule is CCCC[C@H]1C(=O)N2CCOC[C@@H]2C(=O)N[C@@H](COC=O)C(=O)N[C@@H](C(C)C)C(=O)N(C)[C@@H](Cc2ccccc2)C(=O)N[C@@H](Cc2ccc(O)cc2)C(=O)N2CCC[C@@H]2C(=O)N[C@@H](Cc2c[nH]c3ccccc23)C(=O)N[C@@H](Cc2ccc(O)cc2)C(=O)N[C@@H](CCOC)C(=O)N[C@H](C(=O)NCC(N)=O)CSCC(=O)N[C@@H](Cc2cc(F)c(F)c(F)c2)C(=O)N(C)[C@@H](Cc2ccccc2)C(=O)N1C. The Bertz CT molecular complexity index is 5420. The molecule has 10 rings (SSSR count). The molecule has 1 aromatic heterocycles. The summed E-state index contributed by atoms with van der Waals surface area (Å²) in [5, 5.41) is 45.3. The van der Waals surface area contributed by atoms with Crippen molar-refractivity contribution < 1.29 is 114 Å². The van der Waals surface area contributed by atoms with Gasteiger partial charge in [-0.25, -0.2) is 13.2 Å². The molecule has 15 amide bonds. The summed E-state index contributed by atoms with van der Waals surface area (Å²) in [5.41, 5.74) is 7.92. The molecule has 137 heavy (non-hydrogen) atoms. The first-order valence-corrected chi connectivity index (χ1v) is 46.1. The number of methoxy groups -OCH3 is 1. The van der Waals surface area contributed by atoms with Gasteiger partial charge in [0, 0.05) is 109 Å². The Labute approximate surface area is 793 Å². The highest BCUT2D eigenvalue weighted by Crippen LogP contribution is 2.28. The monoisotopic (exact) mass is 1920 g/mol. The lowest BCUT2D eigenvalue weighted by molar-refractivity contribution is -0.158. The number of rotatable bonds is 25. The number of halogens is 3. The highest BCUT2D eigenvalue weighted by molar-refractivity contribution is 8.00. The van der Waals surface area contributed by atoms with E-state index in [1.165, 1.54) is 81.7 Å². The molecule has 3 aliphatic rings. The van der Waals surface area contributed by atoms with E-state index in [2.05, 4.69) is 52.8 Å². The number of phenols is 2. The zero-order valence-corrected chi connectivity index (χ0v) is 77.8. The molecule has 734 valence electrons. The number of hydrogen-bond acceptors (Lipinski definition) is 22. The van der Waals surface area contributed by atoms with Crippen LogP contribution < -0.4 is 53.6 Å². The summed E-state index contributed by atoms with van der Waals surface area (Å²) < 4.78 is 61.5. The molecular weight excluding hydrogens is 1800 g/mol. The molecule has 3 fully saturated rings. The number of aromatic hydroxyl groups is 2. The van der Waals surface area contributed by atoms with Gasteiger partial charge in [0.2, 0.25) is 88.6 Å². The summed E-state index contributed by atoms with van der Waals surface area (Å²) in [4.78, 5) is 247. The third kappa shape index (κ3) is 29.0. The van der Waals surface area contributed by atoms with Crippen molar-refractivity contribution in [3.8, 4) is 11.5 Å². The maximum absolute atomic E-state index is 15.8. The van der Waals surface area contributed by atoms with Gasteiger partial charge in [0.05, 0.1) is 25.5 Å². The first-order valence-electron chi connectivity index (χ1n) is 45.0. The average molecular weight is 1920 g/mol. The van der Waals surface area contributed by atoms with E-state index in [0.717, 1.165) is 19.6 Å². The number of hydrogen-bond donors (Lipinski definition) is 13. The summed E-state index contributed by atoms with van der Waals surface area (Å²) in [6.45, 7) is 2.03. The molecule has 0 saturated carbocycles. The highest BCUT2D eigenvalue weighted by Gasteiger charge is 2.46. The molecule has 6 aromatic carbocycles. The number of benzene rings is 6. The Kier molecular flexibility index (Phi) is 38.8. The van der Waals surface area contributed by atoms with Crippen molar-refractivity contribution >= 4 is 118 Å². The lowest BCUT2D eigenvalue weighted by Crippen LogP contribution is -2.64. The molecule has 13 atom stereocenters. The van der Waals surface area contributed by atoms with Crippen molar-refractivity contribution in [1.29, 1.82) is 0 Å². The lowest BCUT2D eigenvalue weighted by Gasteiger charge is -2.40. The molecular formula is C96H117F3N16O21S. The normalized spacial score (nSPS) is 23.2. The molecule has 0 radical (unpaired) electrons. The third-order valence-electron chi connectivity index (χ3n) is 24.1. The molecule has 0 unspecified atom stereocenters. The van der Waals surface area contributed by atoms with Gasteiger partial charge in [0.15, 0.2) is 17.5 Å². The van der Waals surface area contributed by atoms with Crippen molar-refractivity contribution in [2.75, 3.05) is 85.8 Å². The predicted molar refractivity (Wildman–Crippen MR) is 495 cm³/mol. The number of carbonyl (C=O) groups is 16. The number of para-hydroxylation sites is 1. The first-order chi connectivity index (χ1) is 65.6. The number of morpholine rings is 1. The molecule has 3 saturated heterocycles. The van der Waals surface area contributed by atoms with Gasteiger partial charge in [-0.2, -0.15) is 0 Å². The predicted octanol–water partition coefficient (Wildman–Crippen LogP) is 1.73. The fourth-order valence-electron chi connectivity index (χ4n) is 16.5. The van der Waals surface area contributed by atoms with Gasteiger partial charge in [-0.3, -0.25) is 76.7 Å². The number of nitrogens with one attached hydrogen (secondary N) is 10. The van der Waals surface area contributed by atoms with Crippen LogP contribution in [0.5, 0.6) is 11.5 Å². The minimum atomic E-state index is -1.89. The number of ether oxygens (including phenoxy) is 3. The largest absolute Gasteiger partial charge is 0.508 e. The number of primary amides is 1. The molecule has 0 spiro atoms. The summed E-state index contributed by atoms with van der Waals surface area (Å²) in [7, 11) is 5.06. The van der Waals surface area contributed by atoms with E-state index in [9.17, 15) is 43.4 Å². The number of nitrogens with two attached hydrogens (primary N) is 1. The zero-order chi connectivity index (χ0) is 99.3. The van der Waals surface area contributed by atoms with Gasteiger partial charge in [0.25, 0.3) is 6.47 Å². The number of thioether (sulfide) groups is 1. The maximum atomic E-state index is 15.8. The third-order valence-corrected chi connectivity index (χ3v) is 25.2. The van der Waals surface area contributed by atoms with Gasteiger partial charge in [-0.05, 0) is 107 Å². The number of aromatic amines is 1. The molecule has 0 aliphatic carbocycles. The Hall–Kier alpha value is -14.0. The summed E-state index contributed by atoms with van der Waals surface area (Å²) in [6.07, 6.45) is -0.102. The van der Waals surface area contributed by atoms with Crippen molar-refractivity contribution in [3.05, 3.63) is 203 Å². The van der Waals surface area contributed by atoms with Crippen LogP contribution in [0, 0.1) is 23.4 Å².